The topological polar surface area (TPSA) is 127 Å². The van der Waals surface area contributed by atoms with Crippen molar-refractivity contribution >= 4 is 17.6 Å². The molecule has 4 fully saturated rings. The van der Waals surface area contributed by atoms with Gasteiger partial charge in [0.25, 0.3) is 0 Å². The lowest BCUT2D eigenvalue weighted by Gasteiger charge is -2.47. The molecule has 240 valence electrons. The number of amides is 1. The number of para-hydroxylation sites is 1. The number of aromatic hydroxyl groups is 1. The first kappa shape index (κ1) is 30.9. The SMILES string of the molecule is CC(C)(C)OC(=O)N1CCC(O[C@H]2C[C@H](N3CCC(O[C@H]4CCN(c5cc(-c6ccccc6O)nnc5N)C4)CC3)C2)CC1. The molecular weight excluding hydrogens is 560 g/mol. The van der Waals surface area contributed by atoms with E-state index in [0.717, 1.165) is 76.8 Å². The van der Waals surface area contributed by atoms with E-state index in [2.05, 4.69) is 20.0 Å². The van der Waals surface area contributed by atoms with Gasteiger partial charge in [-0.3, -0.25) is 4.90 Å². The maximum absolute atomic E-state index is 12.3. The van der Waals surface area contributed by atoms with Gasteiger partial charge < -0.3 is 34.9 Å². The summed E-state index contributed by atoms with van der Waals surface area (Å²) in [6.07, 6.45) is 7.80. The maximum Gasteiger partial charge on any atom is 0.410 e. The highest BCUT2D eigenvalue weighted by atomic mass is 16.6. The third-order valence-corrected chi connectivity index (χ3v) is 9.39. The molecule has 1 amide bonds. The molecule has 3 aliphatic heterocycles. The third kappa shape index (κ3) is 7.38. The molecule has 6 rings (SSSR count). The first-order chi connectivity index (χ1) is 21.1. The summed E-state index contributed by atoms with van der Waals surface area (Å²) in [5.41, 5.74) is 7.85. The number of nitrogen functional groups attached to an aromatic ring is 1. The molecular formula is C33H48N6O5. The number of benzene rings is 1. The Kier molecular flexibility index (Phi) is 9.16. The van der Waals surface area contributed by atoms with Crippen molar-refractivity contribution in [3.63, 3.8) is 0 Å². The van der Waals surface area contributed by atoms with Crippen LogP contribution in [0.25, 0.3) is 11.3 Å². The number of ether oxygens (including phenoxy) is 3. The minimum Gasteiger partial charge on any atom is -0.507 e. The van der Waals surface area contributed by atoms with Gasteiger partial charge in [0, 0.05) is 50.9 Å². The quantitative estimate of drug-likeness (QED) is 0.466. The van der Waals surface area contributed by atoms with Crippen molar-refractivity contribution in [1.82, 2.24) is 20.0 Å². The number of hydrogen-bond acceptors (Lipinski definition) is 10. The van der Waals surface area contributed by atoms with E-state index in [-0.39, 0.29) is 30.2 Å². The van der Waals surface area contributed by atoms with E-state index < -0.39 is 5.60 Å². The number of phenolic OH excluding ortho intramolecular Hbond substituents is 1. The second kappa shape index (κ2) is 13.1. The molecule has 4 aliphatic rings. The van der Waals surface area contributed by atoms with Crippen molar-refractivity contribution in [3.8, 4) is 17.0 Å². The molecule has 0 spiro atoms. The molecule has 1 aliphatic carbocycles. The zero-order valence-electron chi connectivity index (χ0n) is 26.4. The van der Waals surface area contributed by atoms with Crippen molar-refractivity contribution in [3.05, 3.63) is 30.3 Å². The fourth-order valence-corrected chi connectivity index (χ4v) is 6.89. The van der Waals surface area contributed by atoms with Crippen LogP contribution in [0, 0.1) is 0 Å². The Balaban J connectivity index is 0.894. The van der Waals surface area contributed by atoms with Crippen LogP contribution >= 0.6 is 0 Å². The molecule has 1 aromatic carbocycles. The van der Waals surface area contributed by atoms with Gasteiger partial charge in [0.2, 0.25) is 0 Å². The minimum absolute atomic E-state index is 0.163. The van der Waals surface area contributed by atoms with Gasteiger partial charge in [-0.25, -0.2) is 4.79 Å². The van der Waals surface area contributed by atoms with Crippen LogP contribution in [0.5, 0.6) is 5.75 Å². The first-order valence-corrected chi connectivity index (χ1v) is 16.3. The average Bonchev–Trinajstić information content (AvgIpc) is 3.43. The predicted molar refractivity (Wildman–Crippen MR) is 169 cm³/mol. The second-order valence-corrected chi connectivity index (χ2v) is 13.8. The van der Waals surface area contributed by atoms with E-state index in [1.54, 1.807) is 12.1 Å². The molecule has 44 heavy (non-hydrogen) atoms. The number of anilines is 2. The highest BCUT2D eigenvalue weighted by molar-refractivity contribution is 5.74. The smallest absolute Gasteiger partial charge is 0.410 e. The Morgan fingerprint density at radius 2 is 1.52 bits per heavy atom. The Hall–Kier alpha value is -3.15. The van der Waals surface area contributed by atoms with Gasteiger partial charge in [-0.15, -0.1) is 10.2 Å². The van der Waals surface area contributed by atoms with Crippen molar-refractivity contribution in [2.45, 2.75) is 102 Å². The van der Waals surface area contributed by atoms with Crippen molar-refractivity contribution in [2.24, 2.45) is 0 Å². The second-order valence-electron chi connectivity index (χ2n) is 13.8. The summed E-state index contributed by atoms with van der Waals surface area (Å²) in [7, 11) is 0. The fourth-order valence-electron chi connectivity index (χ4n) is 6.89. The minimum atomic E-state index is -0.461. The number of aromatic nitrogens is 2. The lowest BCUT2D eigenvalue weighted by Crippen LogP contribution is -2.53. The van der Waals surface area contributed by atoms with Crippen LogP contribution < -0.4 is 10.6 Å². The van der Waals surface area contributed by atoms with Crippen LogP contribution in [0.1, 0.15) is 65.7 Å². The molecule has 1 atom stereocenters. The van der Waals surface area contributed by atoms with Gasteiger partial charge in [-0.2, -0.15) is 0 Å². The van der Waals surface area contributed by atoms with E-state index in [1.807, 2.05) is 43.9 Å². The Labute approximate surface area is 260 Å². The molecule has 0 unspecified atom stereocenters. The molecule has 1 aromatic heterocycles. The summed E-state index contributed by atoms with van der Waals surface area (Å²) >= 11 is 0. The molecule has 1 saturated carbocycles. The largest absolute Gasteiger partial charge is 0.507 e. The summed E-state index contributed by atoms with van der Waals surface area (Å²) in [6.45, 7) is 10.9. The predicted octanol–water partition coefficient (Wildman–Crippen LogP) is 4.44. The number of phenols is 1. The number of nitrogens with two attached hydrogens (primary N) is 1. The van der Waals surface area contributed by atoms with Gasteiger partial charge in [-0.1, -0.05) is 12.1 Å². The van der Waals surface area contributed by atoms with Gasteiger partial charge >= 0.3 is 6.09 Å². The average molecular weight is 609 g/mol. The van der Waals surface area contributed by atoms with Gasteiger partial charge in [-0.05, 0) is 83.9 Å². The molecule has 4 heterocycles. The molecule has 0 bridgehead atoms. The van der Waals surface area contributed by atoms with Crippen molar-refractivity contribution in [2.75, 3.05) is 49.9 Å². The van der Waals surface area contributed by atoms with E-state index in [4.69, 9.17) is 19.9 Å². The number of nitrogens with zero attached hydrogens (tertiary/aromatic N) is 5. The highest BCUT2D eigenvalue weighted by Gasteiger charge is 2.39. The van der Waals surface area contributed by atoms with E-state index in [1.165, 1.54) is 0 Å². The van der Waals surface area contributed by atoms with E-state index >= 15 is 0 Å². The zero-order chi connectivity index (χ0) is 30.8. The standard InChI is InChI=1S/C33H48N6O5/c1-33(2,3)44-32(41)38-15-10-24(11-16-38)43-26-18-22(19-26)37-13-8-23(9-14-37)42-25-12-17-39(21-25)29-20-28(35-36-31(29)34)27-6-4-5-7-30(27)40/h4-7,20,22-26,40H,8-19,21H2,1-3H3,(H2,34,36)/t22-,25-,26-/m0/s1. The lowest BCUT2D eigenvalue weighted by atomic mass is 9.86. The van der Waals surface area contributed by atoms with Crippen LogP contribution in [-0.2, 0) is 14.2 Å². The summed E-state index contributed by atoms with van der Waals surface area (Å²) < 4.78 is 18.5. The van der Waals surface area contributed by atoms with Crippen molar-refractivity contribution in [1.29, 1.82) is 0 Å². The first-order valence-electron chi connectivity index (χ1n) is 16.3. The molecule has 3 N–H and O–H groups in total. The van der Waals surface area contributed by atoms with Gasteiger partial charge in [0.05, 0.1) is 35.8 Å². The lowest BCUT2D eigenvalue weighted by molar-refractivity contribution is -0.112. The number of carbonyl (C=O) groups is 1. The van der Waals surface area contributed by atoms with Gasteiger partial charge in [0.1, 0.15) is 11.4 Å². The van der Waals surface area contributed by atoms with Crippen LogP contribution in [0.4, 0.5) is 16.3 Å². The van der Waals surface area contributed by atoms with Gasteiger partial charge in [0.15, 0.2) is 5.82 Å². The number of carbonyl (C=O) groups excluding carboxylic acids is 1. The number of hydrogen-bond donors (Lipinski definition) is 2. The summed E-state index contributed by atoms with van der Waals surface area (Å²) in [6, 6.07) is 9.66. The fraction of sp³-hybridized carbons (Fsp3) is 0.667. The normalized spacial score (nSPS) is 25.7. The van der Waals surface area contributed by atoms with Crippen LogP contribution in [0.3, 0.4) is 0 Å². The molecule has 2 aromatic rings. The zero-order valence-corrected chi connectivity index (χ0v) is 26.4. The van der Waals surface area contributed by atoms with Crippen LogP contribution in [0.2, 0.25) is 0 Å². The summed E-state index contributed by atoms with van der Waals surface area (Å²) in [5.74, 6) is 0.570. The molecule has 0 radical (unpaired) electrons. The Morgan fingerprint density at radius 3 is 2.20 bits per heavy atom. The Morgan fingerprint density at radius 1 is 0.886 bits per heavy atom. The summed E-state index contributed by atoms with van der Waals surface area (Å²) in [4.78, 5) is 19.0. The summed E-state index contributed by atoms with van der Waals surface area (Å²) in [5, 5.41) is 18.7. The van der Waals surface area contributed by atoms with Crippen molar-refractivity contribution < 1.29 is 24.1 Å². The Bertz CT molecular complexity index is 1280. The molecule has 3 saturated heterocycles. The third-order valence-electron chi connectivity index (χ3n) is 9.39. The number of rotatable bonds is 7. The number of piperidine rings is 2. The van der Waals surface area contributed by atoms with E-state index in [0.29, 0.717) is 42.3 Å². The highest BCUT2D eigenvalue weighted by Crippen LogP contribution is 2.35. The van der Waals surface area contributed by atoms with E-state index in [9.17, 15) is 9.90 Å². The number of likely N-dealkylation sites (tertiary alicyclic amines) is 2. The molecule has 11 heteroatoms. The van der Waals surface area contributed by atoms with Crippen LogP contribution in [-0.4, -0.2) is 107 Å². The monoisotopic (exact) mass is 608 g/mol. The molecule has 11 nitrogen and oxygen atoms in total. The maximum atomic E-state index is 12.3. The van der Waals surface area contributed by atoms with Crippen LogP contribution in [0.15, 0.2) is 30.3 Å².